The lowest BCUT2D eigenvalue weighted by Gasteiger charge is -2.13. The van der Waals surface area contributed by atoms with Gasteiger partial charge in [-0.25, -0.2) is 0 Å². The minimum absolute atomic E-state index is 0.0488. The molecule has 1 aliphatic rings. The van der Waals surface area contributed by atoms with Crippen LogP contribution >= 0.6 is 0 Å². The van der Waals surface area contributed by atoms with Gasteiger partial charge >= 0.3 is 0 Å². The van der Waals surface area contributed by atoms with Gasteiger partial charge in [0.1, 0.15) is 0 Å². The summed E-state index contributed by atoms with van der Waals surface area (Å²) in [5.41, 5.74) is 5.42. The molecule has 0 atom stereocenters. The summed E-state index contributed by atoms with van der Waals surface area (Å²) in [6, 6.07) is 29.7. The summed E-state index contributed by atoms with van der Waals surface area (Å²) in [5, 5.41) is 0. The number of benzene rings is 3. The first-order valence-corrected chi connectivity index (χ1v) is 9.47. The SMILES string of the molecule is O=C(C1=CCC=C1C(=NCc1ccccc1)c1ccccc1)c1ccccc1. The fourth-order valence-corrected chi connectivity index (χ4v) is 3.38. The van der Waals surface area contributed by atoms with Crippen LogP contribution in [-0.4, -0.2) is 11.5 Å². The highest BCUT2D eigenvalue weighted by molar-refractivity contribution is 6.25. The molecule has 2 heteroatoms. The highest BCUT2D eigenvalue weighted by Gasteiger charge is 2.23. The smallest absolute Gasteiger partial charge is 0.193 e. The number of hydrogen-bond donors (Lipinski definition) is 0. The van der Waals surface area contributed by atoms with Gasteiger partial charge in [-0.1, -0.05) is 103 Å². The van der Waals surface area contributed by atoms with Crippen molar-refractivity contribution < 1.29 is 4.79 Å². The largest absolute Gasteiger partial charge is 0.289 e. The van der Waals surface area contributed by atoms with Crippen LogP contribution in [0.25, 0.3) is 0 Å². The molecule has 0 N–H and O–H groups in total. The molecule has 0 bridgehead atoms. The Bertz CT molecular complexity index is 1050. The average Bonchev–Trinajstić information content (AvgIpc) is 3.25. The second-order valence-corrected chi connectivity index (χ2v) is 6.68. The van der Waals surface area contributed by atoms with Gasteiger partial charge in [0.25, 0.3) is 0 Å². The van der Waals surface area contributed by atoms with Crippen LogP contribution in [-0.2, 0) is 6.54 Å². The number of carbonyl (C=O) groups is 1. The molecule has 0 amide bonds. The van der Waals surface area contributed by atoms with Crippen LogP contribution in [0.3, 0.4) is 0 Å². The van der Waals surface area contributed by atoms with E-state index >= 15 is 0 Å². The van der Waals surface area contributed by atoms with Gasteiger partial charge in [0.15, 0.2) is 5.78 Å². The fraction of sp³-hybridized carbons (Fsp3) is 0.0769. The Hall–Kier alpha value is -3.52. The molecule has 0 saturated carbocycles. The first-order valence-electron chi connectivity index (χ1n) is 9.47. The number of rotatable bonds is 6. The molecule has 4 rings (SSSR count). The summed E-state index contributed by atoms with van der Waals surface area (Å²) >= 11 is 0. The summed E-state index contributed by atoms with van der Waals surface area (Å²) in [6.45, 7) is 0.579. The monoisotopic (exact) mass is 363 g/mol. The van der Waals surface area contributed by atoms with Crippen molar-refractivity contribution in [1.29, 1.82) is 0 Å². The number of Topliss-reactive ketones (excluding diaryl/α,β-unsaturated/α-hetero) is 1. The number of allylic oxidation sites excluding steroid dienone is 4. The normalized spacial score (nSPS) is 13.8. The molecule has 0 heterocycles. The van der Waals surface area contributed by atoms with E-state index in [-0.39, 0.29) is 5.78 Å². The molecule has 28 heavy (non-hydrogen) atoms. The molecule has 0 spiro atoms. The maximum absolute atomic E-state index is 13.1. The second-order valence-electron chi connectivity index (χ2n) is 6.68. The molecule has 2 nitrogen and oxygen atoms in total. The van der Waals surface area contributed by atoms with Crippen LogP contribution in [0.5, 0.6) is 0 Å². The van der Waals surface area contributed by atoms with Crippen LogP contribution in [0.1, 0.15) is 27.9 Å². The maximum atomic E-state index is 13.1. The summed E-state index contributed by atoms with van der Waals surface area (Å²) in [7, 11) is 0. The van der Waals surface area contributed by atoms with Gasteiger partial charge in [-0.15, -0.1) is 0 Å². The Morgan fingerprint density at radius 2 is 1.21 bits per heavy atom. The third kappa shape index (κ3) is 3.91. The number of hydrogen-bond acceptors (Lipinski definition) is 2. The number of ketones is 1. The van der Waals surface area contributed by atoms with Crippen LogP contribution in [0.2, 0.25) is 0 Å². The van der Waals surface area contributed by atoms with Gasteiger partial charge < -0.3 is 0 Å². The Morgan fingerprint density at radius 1 is 0.679 bits per heavy atom. The molecule has 1 aliphatic carbocycles. The quantitative estimate of drug-likeness (QED) is 0.401. The van der Waals surface area contributed by atoms with Gasteiger partial charge in [0.05, 0.1) is 12.3 Å². The zero-order valence-electron chi connectivity index (χ0n) is 15.6. The highest BCUT2D eigenvalue weighted by Crippen LogP contribution is 2.27. The van der Waals surface area contributed by atoms with E-state index in [0.29, 0.717) is 12.1 Å². The summed E-state index contributed by atoms with van der Waals surface area (Å²) < 4.78 is 0. The first-order chi connectivity index (χ1) is 13.8. The topological polar surface area (TPSA) is 29.4 Å². The zero-order chi connectivity index (χ0) is 19.2. The third-order valence-electron chi connectivity index (χ3n) is 4.78. The van der Waals surface area contributed by atoms with E-state index in [9.17, 15) is 4.79 Å². The van der Waals surface area contributed by atoms with E-state index in [4.69, 9.17) is 4.99 Å². The predicted molar refractivity (Wildman–Crippen MR) is 115 cm³/mol. The number of aliphatic imine (C=N–C) groups is 1. The van der Waals surface area contributed by atoms with Crippen molar-refractivity contribution in [3.05, 3.63) is 131 Å². The van der Waals surface area contributed by atoms with Crippen LogP contribution < -0.4 is 0 Å². The molecule has 0 aliphatic heterocycles. The number of nitrogens with zero attached hydrogens (tertiary/aromatic N) is 1. The Kier molecular flexibility index (Phi) is 5.39. The van der Waals surface area contributed by atoms with Crippen molar-refractivity contribution in [1.82, 2.24) is 0 Å². The summed E-state index contributed by atoms with van der Waals surface area (Å²) in [5.74, 6) is 0.0488. The second kappa shape index (κ2) is 8.45. The minimum atomic E-state index is 0.0488. The van der Waals surface area contributed by atoms with Crippen molar-refractivity contribution in [2.24, 2.45) is 4.99 Å². The molecular formula is C26H21NO. The lowest BCUT2D eigenvalue weighted by molar-refractivity contribution is 0.103. The van der Waals surface area contributed by atoms with Gasteiger partial charge in [0.2, 0.25) is 0 Å². The molecule has 0 fully saturated rings. The Morgan fingerprint density at radius 3 is 1.86 bits per heavy atom. The molecular weight excluding hydrogens is 342 g/mol. The lowest BCUT2D eigenvalue weighted by atomic mass is 9.93. The molecule has 136 valence electrons. The zero-order valence-corrected chi connectivity index (χ0v) is 15.6. The molecule has 3 aromatic rings. The first kappa shape index (κ1) is 17.9. The third-order valence-corrected chi connectivity index (χ3v) is 4.78. The standard InChI is InChI=1S/C26H21NO/c28-26(22-15-8-3-9-16-22)24-18-10-17-23(24)25(21-13-6-2-7-14-21)27-19-20-11-4-1-5-12-20/h1-9,11-18H,10,19H2. The van der Waals surface area contributed by atoms with Crippen molar-refractivity contribution in [3.8, 4) is 0 Å². The molecule has 0 unspecified atom stereocenters. The van der Waals surface area contributed by atoms with Crippen molar-refractivity contribution in [2.75, 3.05) is 0 Å². The van der Waals surface area contributed by atoms with Crippen molar-refractivity contribution >= 4 is 11.5 Å². The minimum Gasteiger partial charge on any atom is -0.289 e. The highest BCUT2D eigenvalue weighted by atomic mass is 16.1. The van der Waals surface area contributed by atoms with Gasteiger partial charge in [-0.05, 0) is 12.0 Å². The van der Waals surface area contributed by atoms with E-state index in [2.05, 4.69) is 18.2 Å². The van der Waals surface area contributed by atoms with Crippen LogP contribution in [0, 0.1) is 0 Å². The molecule has 0 saturated heterocycles. The van der Waals surface area contributed by atoms with E-state index < -0.39 is 0 Å². The van der Waals surface area contributed by atoms with Gasteiger partial charge in [-0.2, -0.15) is 0 Å². The van der Waals surface area contributed by atoms with E-state index in [0.717, 1.165) is 34.4 Å². The lowest BCUT2D eigenvalue weighted by Crippen LogP contribution is -2.13. The fourth-order valence-electron chi connectivity index (χ4n) is 3.38. The predicted octanol–water partition coefficient (Wildman–Crippen LogP) is 5.82. The van der Waals surface area contributed by atoms with E-state index in [1.165, 1.54) is 0 Å². The Balaban J connectivity index is 1.70. The molecule has 0 aromatic heterocycles. The van der Waals surface area contributed by atoms with Crippen LogP contribution in [0.15, 0.2) is 119 Å². The average molecular weight is 363 g/mol. The van der Waals surface area contributed by atoms with Crippen molar-refractivity contribution in [3.63, 3.8) is 0 Å². The Labute approximate surface area is 165 Å². The van der Waals surface area contributed by atoms with E-state index in [1.807, 2.05) is 84.9 Å². The summed E-state index contributed by atoms with van der Waals surface area (Å²) in [4.78, 5) is 18.0. The number of carbonyl (C=O) groups excluding carboxylic acids is 1. The van der Waals surface area contributed by atoms with Gasteiger partial charge in [0, 0.05) is 22.3 Å². The molecule has 3 aromatic carbocycles. The molecule has 0 radical (unpaired) electrons. The van der Waals surface area contributed by atoms with Gasteiger partial charge in [-0.3, -0.25) is 9.79 Å². The maximum Gasteiger partial charge on any atom is 0.193 e. The van der Waals surface area contributed by atoms with E-state index in [1.54, 1.807) is 0 Å². The van der Waals surface area contributed by atoms with Crippen LogP contribution in [0.4, 0.5) is 0 Å². The summed E-state index contributed by atoms with van der Waals surface area (Å²) in [6.07, 6.45) is 4.86. The van der Waals surface area contributed by atoms with Crippen molar-refractivity contribution in [2.45, 2.75) is 13.0 Å².